The van der Waals surface area contributed by atoms with Gasteiger partial charge < -0.3 is 4.90 Å². The minimum absolute atomic E-state index is 0.112. The average molecular weight is 310 g/mol. The first-order chi connectivity index (χ1) is 9.79. The summed E-state index contributed by atoms with van der Waals surface area (Å²) in [5.41, 5.74) is 0.666. The SMILES string of the molecule is Cc1ccc(F)cc1S(=O)(=O)Nc1cnc(N(C)C)nc1. The molecule has 0 aliphatic rings. The largest absolute Gasteiger partial charge is 0.347 e. The Kier molecular flexibility index (Phi) is 4.08. The number of hydrogen-bond donors (Lipinski definition) is 1. The minimum Gasteiger partial charge on any atom is -0.347 e. The lowest BCUT2D eigenvalue weighted by Crippen LogP contribution is -2.16. The van der Waals surface area contributed by atoms with Crippen LogP contribution >= 0.6 is 0 Å². The van der Waals surface area contributed by atoms with Crippen molar-refractivity contribution in [3.05, 3.63) is 42.0 Å². The van der Waals surface area contributed by atoms with Gasteiger partial charge in [0.25, 0.3) is 10.0 Å². The predicted molar refractivity (Wildman–Crippen MR) is 78.3 cm³/mol. The van der Waals surface area contributed by atoms with Crippen molar-refractivity contribution in [3.63, 3.8) is 0 Å². The number of anilines is 2. The van der Waals surface area contributed by atoms with E-state index in [1.165, 1.54) is 24.5 Å². The third-order valence-electron chi connectivity index (χ3n) is 2.73. The van der Waals surface area contributed by atoms with Gasteiger partial charge in [-0.25, -0.2) is 22.8 Å². The van der Waals surface area contributed by atoms with Crippen molar-refractivity contribution < 1.29 is 12.8 Å². The van der Waals surface area contributed by atoms with E-state index < -0.39 is 15.8 Å². The lowest BCUT2D eigenvalue weighted by atomic mass is 10.2. The number of aryl methyl sites for hydroxylation is 1. The number of nitrogens with zero attached hydrogens (tertiary/aromatic N) is 3. The van der Waals surface area contributed by atoms with Gasteiger partial charge in [0, 0.05) is 14.1 Å². The second-order valence-corrected chi connectivity index (χ2v) is 6.33. The molecule has 21 heavy (non-hydrogen) atoms. The van der Waals surface area contributed by atoms with E-state index >= 15 is 0 Å². The molecule has 0 amide bonds. The van der Waals surface area contributed by atoms with Crippen LogP contribution in [0.4, 0.5) is 16.0 Å². The molecule has 6 nitrogen and oxygen atoms in total. The Morgan fingerprint density at radius 1 is 1.19 bits per heavy atom. The van der Waals surface area contributed by atoms with E-state index in [0.29, 0.717) is 11.5 Å². The molecule has 2 rings (SSSR count). The summed E-state index contributed by atoms with van der Waals surface area (Å²) in [6, 6.07) is 3.60. The summed E-state index contributed by atoms with van der Waals surface area (Å²) in [7, 11) is -0.337. The Morgan fingerprint density at radius 3 is 2.38 bits per heavy atom. The Balaban J connectivity index is 2.31. The Bertz CT molecular complexity index is 745. The molecule has 2 aromatic rings. The molecule has 1 N–H and O–H groups in total. The van der Waals surface area contributed by atoms with Crippen molar-refractivity contribution in [1.82, 2.24) is 9.97 Å². The molecule has 0 spiro atoms. The first kappa shape index (κ1) is 15.2. The molecular formula is C13H15FN4O2S. The van der Waals surface area contributed by atoms with E-state index in [9.17, 15) is 12.8 Å². The quantitative estimate of drug-likeness (QED) is 0.932. The van der Waals surface area contributed by atoms with E-state index in [0.717, 1.165) is 6.07 Å². The number of nitrogens with one attached hydrogen (secondary N) is 1. The maximum absolute atomic E-state index is 13.2. The fraction of sp³-hybridized carbons (Fsp3) is 0.231. The lowest BCUT2D eigenvalue weighted by molar-refractivity contribution is 0.594. The van der Waals surface area contributed by atoms with Crippen LogP contribution in [0.2, 0.25) is 0 Å². The normalized spacial score (nSPS) is 11.2. The molecule has 0 aliphatic carbocycles. The minimum atomic E-state index is -3.88. The third kappa shape index (κ3) is 3.46. The summed E-state index contributed by atoms with van der Waals surface area (Å²) in [6.07, 6.45) is 2.71. The highest BCUT2D eigenvalue weighted by Crippen LogP contribution is 2.20. The third-order valence-corrected chi connectivity index (χ3v) is 4.25. The summed E-state index contributed by atoms with van der Waals surface area (Å²) in [5, 5.41) is 0. The van der Waals surface area contributed by atoms with Crippen LogP contribution in [0, 0.1) is 12.7 Å². The van der Waals surface area contributed by atoms with Gasteiger partial charge in [-0.3, -0.25) is 4.72 Å². The van der Waals surface area contributed by atoms with Crippen LogP contribution in [-0.2, 0) is 10.0 Å². The van der Waals surface area contributed by atoms with E-state index in [2.05, 4.69) is 14.7 Å². The molecule has 1 heterocycles. The van der Waals surface area contributed by atoms with Crippen molar-refractivity contribution in [3.8, 4) is 0 Å². The van der Waals surface area contributed by atoms with Crippen molar-refractivity contribution in [2.45, 2.75) is 11.8 Å². The molecule has 0 saturated heterocycles. The monoisotopic (exact) mass is 310 g/mol. The maximum atomic E-state index is 13.2. The van der Waals surface area contributed by atoms with Crippen molar-refractivity contribution in [2.24, 2.45) is 0 Å². The molecule has 1 aromatic heterocycles. The summed E-state index contributed by atoms with van der Waals surface area (Å²) in [6.45, 7) is 1.60. The zero-order chi connectivity index (χ0) is 15.6. The van der Waals surface area contributed by atoms with Crippen LogP contribution in [0.1, 0.15) is 5.56 Å². The summed E-state index contributed by atoms with van der Waals surface area (Å²) >= 11 is 0. The van der Waals surface area contributed by atoms with E-state index in [4.69, 9.17) is 0 Å². The van der Waals surface area contributed by atoms with Crippen LogP contribution in [0.3, 0.4) is 0 Å². The fourth-order valence-electron chi connectivity index (χ4n) is 1.68. The van der Waals surface area contributed by atoms with Gasteiger partial charge in [-0.1, -0.05) is 6.07 Å². The van der Waals surface area contributed by atoms with Gasteiger partial charge in [0.05, 0.1) is 23.0 Å². The van der Waals surface area contributed by atoms with E-state index in [1.54, 1.807) is 25.9 Å². The molecule has 112 valence electrons. The Hall–Kier alpha value is -2.22. The summed E-state index contributed by atoms with van der Waals surface area (Å²) in [5.74, 6) is -0.153. The maximum Gasteiger partial charge on any atom is 0.262 e. The van der Waals surface area contributed by atoms with Crippen molar-refractivity contribution in [1.29, 1.82) is 0 Å². The molecular weight excluding hydrogens is 295 g/mol. The molecule has 0 atom stereocenters. The van der Waals surface area contributed by atoms with Gasteiger partial charge in [-0.05, 0) is 24.6 Å². The molecule has 0 unspecified atom stereocenters. The van der Waals surface area contributed by atoms with Crippen molar-refractivity contribution >= 4 is 21.7 Å². The average Bonchev–Trinajstić information content (AvgIpc) is 2.41. The number of sulfonamides is 1. The molecule has 1 aromatic carbocycles. The highest BCUT2D eigenvalue weighted by molar-refractivity contribution is 7.92. The Morgan fingerprint density at radius 2 is 1.81 bits per heavy atom. The fourth-order valence-corrected chi connectivity index (χ4v) is 2.96. The molecule has 0 bridgehead atoms. The molecule has 0 fully saturated rings. The lowest BCUT2D eigenvalue weighted by Gasteiger charge is -2.12. The second kappa shape index (κ2) is 5.65. The second-order valence-electron chi connectivity index (χ2n) is 4.68. The highest BCUT2D eigenvalue weighted by atomic mass is 32.2. The summed E-state index contributed by atoms with van der Waals surface area (Å²) < 4.78 is 40.1. The summed E-state index contributed by atoms with van der Waals surface area (Å²) in [4.78, 5) is 9.60. The number of rotatable bonds is 4. The number of aromatic nitrogens is 2. The Labute approximate surface area is 122 Å². The molecule has 8 heteroatoms. The van der Waals surface area contributed by atoms with Gasteiger partial charge in [0.15, 0.2) is 0 Å². The van der Waals surface area contributed by atoms with E-state index in [-0.39, 0.29) is 10.6 Å². The highest BCUT2D eigenvalue weighted by Gasteiger charge is 2.18. The van der Waals surface area contributed by atoms with Crippen LogP contribution in [0.15, 0.2) is 35.5 Å². The van der Waals surface area contributed by atoms with Crippen LogP contribution in [-0.4, -0.2) is 32.5 Å². The van der Waals surface area contributed by atoms with Gasteiger partial charge in [-0.15, -0.1) is 0 Å². The number of halogens is 1. The predicted octanol–water partition coefficient (Wildman–Crippen LogP) is 1.79. The van der Waals surface area contributed by atoms with Crippen LogP contribution in [0.25, 0.3) is 0 Å². The molecule has 0 aliphatic heterocycles. The van der Waals surface area contributed by atoms with Gasteiger partial charge in [0.2, 0.25) is 5.95 Å². The van der Waals surface area contributed by atoms with E-state index in [1.807, 2.05) is 0 Å². The number of hydrogen-bond acceptors (Lipinski definition) is 5. The van der Waals surface area contributed by atoms with Crippen molar-refractivity contribution in [2.75, 3.05) is 23.7 Å². The first-order valence-electron chi connectivity index (χ1n) is 6.08. The zero-order valence-corrected chi connectivity index (χ0v) is 12.6. The smallest absolute Gasteiger partial charge is 0.262 e. The zero-order valence-electron chi connectivity index (χ0n) is 11.8. The topological polar surface area (TPSA) is 75.2 Å². The van der Waals surface area contributed by atoms with Gasteiger partial charge in [0.1, 0.15) is 5.82 Å². The standard InChI is InChI=1S/C13H15FN4O2S/c1-9-4-5-10(14)6-12(9)21(19,20)17-11-7-15-13(16-8-11)18(2)3/h4-8,17H,1-3H3. The van der Waals surface area contributed by atoms with Gasteiger partial charge in [-0.2, -0.15) is 0 Å². The van der Waals surface area contributed by atoms with Crippen LogP contribution in [0.5, 0.6) is 0 Å². The molecule has 0 radical (unpaired) electrons. The van der Waals surface area contributed by atoms with Crippen LogP contribution < -0.4 is 9.62 Å². The van der Waals surface area contributed by atoms with Gasteiger partial charge >= 0.3 is 0 Å². The molecule has 0 saturated carbocycles. The first-order valence-corrected chi connectivity index (χ1v) is 7.56. The number of benzene rings is 1.